The second kappa shape index (κ2) is 9.63. The second-order valence-electron chi connectivity index (χ2n) is 8.61. The summed E-state index contributed by atoms with van der Waals surface area (Å²) in [5.41, 5.74) is 8.35. The van der Waals surface area contributed by atoms with Crippen molar-refractivity contribution < 1.29 is 19.8 Å². The summed E-state index contributed by atoms with van der Waals surface area (Å²) in [5, 5.41) is 21.6. The fraction of sp³-hybridized carbons (Fsp3) is 0.632. The number of aliphatic hydroxyl groups is 2. The zero-order chi connectivity index (χ0) is 24.0. The zero-order valence-electron chi connectivity index (χ0n) is 18.7. The van der Waals surface area contributed by atoms with Crippen LogP contribution in [0.4, 0.5) is 0 Å². The lowest BCUT2D eigenvalue weighted by molar-refractivity contribution is -0.133. The van der Waals surface area contributed by atoms with Crippen LogP contribution in [0.1, 0.15) is 32.2 Å². The Morgan fingerprint density at radius 1 is 1.27 bits per heavy atom. The first-order valence-electron chi connectivity index (χ1n) is 10.2. The molecule has 2 amide bonds. The van der Waals surface area contributed by atoms with Gasteiger partial charge in [-0.1, -0.05) is 0 Å². The number of fused-ring (bicyclic) bond motifs is 1. The highest BCUT2D eigenvalue weighted by atomic mass is 35.5. The van der Waals surface area contributed by atoms with Gasteiger partial charge in [0.2, 0.25) is 11.8 Å². The Kier molecular flexibility index (Phi) is 7.74. The Bertz CT molecular complexity index is 1170. The minimum absolute atomic E-state index is 0. The highest BCUT2D eigenvalue weighted by Crippen LogP contribution is 2.33. The fourth-order valence-corrected chi connectivity index (χ4v) is 4.18. The van der Waals surface area contributed by atoms with Crippen molar-refractivity contribution in [1.29, 1.82) is 0 Å². The Morgan fingerprint density at radius 3 is 2.52 bits per heavy atom. The van der Waals surface area contributed by atoms with Gasteiger partial charge in [0.05, 0.1) is 30.1 Å². The average Bonchev–Trinajstić information content (AvgIpc) is 3.10. The van der Waals surface area contributed by atoms with Crippen molar-refractivity contribution in [3.05, 3.63) is 27.2 Å². The normalized spacial score (nSPS) is 24.2. The summed E-state index contributed by atoms with van der Waals surface area (Å²) in [4.78, 5) is 54.6. The van der Waals surface area contributed by atoms with E-state index in [-0.39, 0.29) is 61.8 Å². The van der Waals surface area contributed by atoms with Crippen LogP contribution < -0.4 is 22.7 Å². The average molecular weight is 488 g/mol. The number of halogens is 1. The van der Waals surface area contributed by atoms with Gasteiger partial charge in [-0.2, -0.15) is 0 Å². The molecule has 33 heavy (non-hydrogen) atoms. The molecule has 4 atom stereocenters. The van der Waals surface area contributed by atoms with E-state index < -0.39 is 40.9 Å². The van der Waals surface area contributed by atoms with Crippen molar-refractivity contribution in [3.63, 3.8) is 0 Å². The van der Waals surface area contributed by atoms with E-state index in [4.69, 9.17) is 11.5 Å². The first-order chi connectivity index (χ1) is 14.8. The van der Waals surface area contributed by atoms with Crippen LogP contribution in [0.25, 0.3) is 11.2 Å². The number of likely N-dealkylation sites (tertiary alicyclic amines) is 1. The van der Waals surface area contributed by atoms with E-state index in [9.17, 15) is 29.4 Å². The summed E-state index contributed by atoms with van der Waals surface area (Å²) >= 11 is 0. The van der Waals surface area contributed by atoms with Gasteiger partial charge in [-0.3, -0.25) is 23.5 Å². The quantitative estimate of drug-likeness (QED) is 0.350. The highest BCUT2D eigenvalue weighted by Gasteiger charge is 2.42. The smallest absolute Gasteiger partial charge is 0.332 e. The standard InChI is InChI=1S/C19H29N7O6.ClH/c1-19(32)6-10(27)7-25(13(28)5-4-11(20)15(21)29)8-12(19)26-9-22-16-14(26)17(30)24(3)18(31)23(16)2;/h9-12,27,32H,4-8,20H2,1-3H3,(H2,21,29);1H/t10-,11+,12+,19+;/m1./s1. The molecule has 1 aliphatic heterocycles. The Hall–Kier alpha value is -2.74. The van der Waals surface area contributed by atoms with Crippen molar-refractivity contribution in [1.82, 2.24) is 23.6 Å². The summed E-state index contributed by atoms with van der Waals surface area (Å²) < 4.78 is 3.61. The van der Waals surface area contributed by atoms with Gasteiger partial charge in [0, 0.05) is 40.0 Å². The van der Waals surface area contributed by atoms with Crippen LogP contribution in [0.5, 0.6) is 0 Å². The number of carbonyl (C=O) groups is 2. The first kappa shape index (κ1) is 26.5. The summed E-state index contributed by atoms with van der Waals surface area (Å²) in [6.07, 6.45) is 0.221. The largest absolute Gasteiger partial charge is 0.391 e. The van der Waals surface area contributed by atoms with Gasteiger partial charge in [-0.15, -0.1) is 12.4 Å². The number of primary amides is 1. The van der Waals surface area contributed by atoms with Crippen LogP contribution in [0, 0.1) is 0 Å². The van der Waals surface area contributed by atoms with E-state index in [1.807, 2.05) is 0 Å². The van der Waals surface area contributed by atoms with Crippen molar-refractivity contribution in [2.24, 2.45) is 25.6 Å². The Labute approximate surface area is 195 Å². The maximum absolute atomic E-state index is 12.9. The van der Waals surface area contributed by atoms with Crippen LogP contribution in [-0.2, 0) is 23.7 Å². The molecule has 3 heterocycles. The third-order valence-electron chi connectivity index (χ3n) is 6.09. The van der Waals surface area contributed by atoms with Crippen molar-refractivity contribution in [3.8, 4) is 0 Å². The highest BCUT2D eigenvalue weighted by molar-refractivity contribution is 5.85. The number of nitrogens with zero attached hydrogens (tertiary/aromatic N) is 5. The van der Waals surface area contributed by atoms with Crippen LogP contribution >= 0.6 is 12.4 Å². The summed E-state index contributed by atoms with van der Waals surface area (Å²) in [6.45, 7) is 1.43. The van der Waals surface area contributed by atoms with Gasteiger partial charge >= 0.3 is 5.69 Å². The number of imidazole rings is 1. The molecule has 13 nitrogen and oxygen atoms in total. The van der Waals surface area contributed by atoms with Gasteiger partial charge < -0.3 is 31.1 Å². The maximum atomic E-state index is 12.9. The molecule has 2 aromatic heterocycles. The van der Waals surface area contributed by atoms with Crippen molar-refractivity contribution in [2.75, 3.05) is 13.1 Å². The summed E-state index contributed by atoms with van der Waals surface area (Å²) in [5.74, 6) is -1.10. The third-order valence-corrected chi connectivity index (χ3v) is 6.09. The SMILES string of the molecule is Cl.Cn1c(=O)c2c(ncn2[C@H]2CN(C(=O)CC[C@H](N)C(N)=O)C[C@H](O)C[C@]2(C)O)n(C)c1=O. The van der Waals surface area contributed by atoms with E-state index in [0.29, 0.717) is 0 Å². The molecule has 1 fully saturated rings. The number of amides is 2. The maximum Gasteiger partial charge on any atom is 0.332 e. The molecule has 0 spiro atoms. The minimum Gasteiger partial charge on any atom is -0.391 e. The number of aliphatic hydroxyl groups excluding tert-OH is 1. The van der Waals surface area contributed by atoms with E-state index in [0.717, 1.165) is 4.57 Å². The molecule has 3 rings (SSSR count). The van der Waals surface area contributed by atoms with Gasteiger partial charge in [0.15, 0.2) is 11.2 Å². The topological polar surface area (TPSA) is 192 Å². The molecule has 0 aliphatic carbocycles. The molecule has 0 aromatic carbocycles. The lowest BCUT2D eigenvalue weighted by Gasteiger charge is -2.34. The molecule has 0 unspecified atom stereocenters. The van der Waals surface area contributed by atoms with Crippen molar-refractivity contribution >= 4 is 35.4 Å². The van der Waals surface area contributed by atoms with E-state index in [1.54, 1.807) is 0 Å². The minimum atomic E-state index is -1.51. The number of hydrogen-bond donors (Lipinski definition) is 4. The predicted octanol–water partition coefficient (Wildman–Crippen LogP) is -2.67. The molecular formula is C19H30ClN7O6. The lowest BCUT2D eigenvalue weighted by atomic mass is 9.91. The van der Waals surface area contributed by atoms with Crippen molar-refractivity contribution in [2.45, 2.75) is 50.0 Å². The fourth-order valence-electron chi connectivity index (χ4n) is 4.18. The molecule has 6 N–H and O–H groups in total. The molecule has 0 bridgehead atoms. The van der Waals surface area contributed by atoms with E-state index in [1.165, 1.54) is 41.4 Å². The van der Waals surface area contributed by atoms with Gasteiger partial charge in [0.1, 0.15) is 0 Å². The third kappa shape index (κ3) is 4.95. The van der Waals surface area contributed by atoms with Gasteiger partial charge in [-0.05, 0) is 13.3 Å². The first-order valence-corrected chi connectivity index (χ1v) is 10.2. The molecule has 14 heteroatoms. The number of carbonyl (C=O) groups excluding carboxylic acids is 2. The van der Waals surface area contributed by atoms with Crippen LogP contribution in [-0.4, -0.2) is 76.4 Å². The Balaban J connectivity index is 0.00000385. The summed E-state index contributed by atoms with van der Waals surface area (Å²) in [7, 11) is 2.82. The summed E-state index contributed by atoms with van der Waals surface area (Å²) in [6, 6.07) is -1.82. The number of nitrogens with two attached hydrogens (primary N) is 2. The molecule has 2 aromatic rings. The zero-order valence-corrected chi connectivity index (χ0v) is 19.5. The molecule has 1 saturated heterocycles. The predicted molar refractivity (Wildman–Crippen MR) is 121 cm³/mol. The monoisotopic (exact) mass is 487 g/mol. The van der Waals surface area contributed by atoms with Crippen LogP contribution in [0.3, 0.4) is 0 Å². The lowest BCUT2D eigenvalue weighted by Crippen LogP contribution is -2.44. The van der Waals surface area contributed by atoms with Crippen LogP contribution in [0.2, 0.25) is 0 Å². The number of aryl methyl sites for hydroxylation is 1. The number of hydrogen-bond acceptors (Lipinski definition) is 8. The Morgan fingerprint density at radius 2 is 1.91 bits per heavy atom. The number of β-amino-alcohol motifs (C(OH)–C–C–N with tert-alkyl or cyclic N) is 1. The van der Waals surface area contributed by atoms with Crippen LogP contribution in [0.15, 0.2) is 15.9 Å². The van der Waals surface area contributed by atoms with Gasteiger partial charge in [0.25, 0.3) is 5.56 Å². The molecular weight excluding hydrogens is 458 g/mol. The molecule has 1 aliphatic rings. The number of aromatic nitrogens is 4. The van der Waals surface area contributed by atoms with E-state index in [2.05, 4.69) is 4.98 Å². The molecule has 0 saturated carbocycles. The second-order valence-corrected chi connectivity index (χ2v) is 8.61. The molecule has 0 radical (unpaired) electrons. The van der Waals surface area contributed by atoms with Gasteiger partial charge in [-0.25, -0.2) is 9.78 Å². The molecule has 184 valence electrons. The van der Waals surface area contributed by atoms with E-state index >= 15 is 0 Å². The number of rotatable bonds is 5.